The molecule has 0 spiro atoms. The molecular formula is C34H35FN2O4. The highest BCUT2D eigenvalue weighted by Crippen LogP contribution is 2.35. The molecule has 1 aromatic heterocycles. The van der Waals surface area contributed by atoms with Gasteiger partial charge in [-0.3, -0.25) is 4.79 Å². The Bertz CT molecular complexity index is 1440. The van der Waals surface area contributed by atoms with Crippen molar-refractivity contribution >= 4 is 11.7 Å². The Kier molecular flexibility index (Phi) is 9.14. The first-order valence-electron chi connectivity index (χ1n) is 14.0. The van der Waals surface area contributed by atoms with E-state index in [0.717, 1.165) is 24.0 Å². The largest absolute Gasteiger partial charge is 0.473 e. The van der Waals surface area contributed by atoms with Crippen LogP contribution in [0.5, 0.6) is 11.8 Å². The summed E-state index contributed by atoms with van der Waals surface area (Å²) in [6.07, 6.45) is 1.53. The zero-order valence-corrected chi connectivity index (χ0v) is 23.5. The summed E-state index contributed by atoms with van der Waals surface area (Å²) < 4.78 is 33.0. The van der Waals surface area contributed by atoms with E-state index in [9.17, 15) is 4.79 Å². The summed E-state index contributed by atoms with van der Waals surface area (Å²) in [5, 5.41) is 0. The summed E-state index contributed by atoms with van der Waals surface area (Å²) in [7, 11) is 0. The SMILES string of the molecule is CC(=O)OC(C)C1CCN(c2ccc(-c3ccc(OCc4ccccc4)nc3OCc3ccccc3)cc2F)CC1. The van der Waals surface area contributed by atoms with Crippen molar-refractivity contribution < 1.29 is 23.4 Å². The number of carbonyl (C=O) groups excluding carboxylic acids is 1. The van der Waals surface area contributed by atoms with Crippen LogP contribution in [0.4, 0.5) is 10.1 Å². The number of rotatable bonds is 10. The van der Waals surface area contributed by atoms with Gasteiger partial charge in [0.15, 0.2) is 0 Å². The highest BCUT2D eigenvalue weighted by atomic mass is 19.1. The topological polar surface area (TPSA) is 60.9 Å². The molecule has 1 aliphatic rings. The van der Waals surface area contributed by atoms with Crippen LogP contribution in [0.2, 0.25) is 0 Å². The van der Waals surface area contributed by atoms with Crippen molar-refractivity contribution in [2.24, 2.45) is 5.92 Å². The van der Waals surface area contributed by atoms with Crippen LogP contribution in [0.1, 0.15) is 37.8 Å². The molecule has 212 valence electrons. The van der Waals surface area contributed by atoms with Crippen LogP contribution >= 0.6 is 0 Å². The number of anilines is 1. The number of pyridine rings is 1. The maximum atomic E-state index is 15.5. The van der Waals surface area contributed by atoms with Gasteiger partial charge in [0.05, 0.1) is 5.69 Å². The summed E-state index contributed by atoms with van der Waals surface area (Å²) in [5.74, 6) is 0.525. The van der Waals surface area contributed by atoms with E-state index in [1.54, 1.807) is 12.1 Å². The molecule has 0 aliphatic carbocycles. The number of esters is 1. The molecular weight excluding hydrogens is 519 g/mol. The maximum absolute atomic E-state index is 15.5. The smallest absolute Gasteiger partial charge is 0.302 e. The number of halogens is 1. The molecule has 4 aromatic rings. The van der Waals surface area contributed by atoms with Gasteiger partial charge in [0.25, 0.3) is 0 Å². The van der Waals surface area contributed by atoms with Gasteiger partial charge in [0, 0.05) is 31.6 Å². The third-order valence-corrected chi connectivity index (χ3v) is 7.44. The van der Waals surface area contributed by atoms with E-state index in [0.29, 0.717) is 54.9 Å². The van der Waals surface area contributed by atoms with Crippen molar-refractivity contribution in [3.63, 3.8) is 0 Å². The van der Waals surface area contributed by atoms with Crippen LogP contribution in [0.25, 0.3) is 11.1 Å². The molecule has 5 rings (SSSR count). The normalized spacial score (nSPS) is 14.4. The molecule has 0 radical (unpaired) electrons. The van der Waals surface area contributed by atoms with Gasteiger partial charge in [-0.05, 0) is 60.6 Å². The summed E-state index contributed by atoms with van der Waals surface area (Å²) in [6.45, 7) is 5.47. The summed E-state index contributed by atoms with van der Waals surface area (Å²) in [5.41, 5.74) is 3.97. The number of piperidine rings is 1. The number of benzene rings is 3. The monoisotopic (exact) mass is 554 g/mol. The van der Waals surface area contributed by atoms with Crippen molar-refractivity contribution in [1.82, 2.24) is 4.98 Å². The first-order valence-corrected chi connectivity index (χ1v) is 14.0. The first kappa shape index (κ1) is 28.1. The van der Waals surface area contributed by atoms with E-state index in [-0.39, 0.29) is 23.8 Å². The average Bonchev–Trinajstić information content (AvgIpc) is 3.00. The summed E-state index contributed by atoms with van der Waals surface area (Å²) >= 11 is 0. The van der Waals surface area contributed by atoms with Gasteiger partial charge in [0.1, 0.15) is 25.1 Å². The minimum absolute atomic E-state index is 0.136. The molecule has 1 saturated heterocycles. The molecule has 2 heterocycles. The number of nitrogens with zero attached hydrogens (tertiary/aromatic N) is 2. The summed E-state index contributed by atoms with van der Waals surface area (Å²) in [6, 6.07) is 28.6. The lowest BCUT2D eigenvalue weighted by Gasteiger charge is -2.36. The molecule has 1 aliphatic heterocycles. The van der Waals surface area contributed by atoms with Crippen molar-refractivity contribution in [2.75, 3.05) is 18.0 Å². The molecule has 0 bridgehead atoms. The average molecular weight is 555 g/mol. The molecule has 7 heteroatoms. The zero-order chi connectivity index (χ0) is 28.6. The Morgan fingerprint density at radius 3 is 2.15 bits per heavy atom. The molecule has 1 atom stereocenters. The Hall–Kier alpha value is -4.39. The van der Waals surface area contributed by atoms with Crippen molar-refractivity contribution in [3.8, 4) is 22.9 Å². The lowest BCUT2D eigenvalue weighted by molar-refractivity contribution is -0.148. The second-order valence-electron chi connectivity index (χ2n) is 10.4. The van der Waals surface area contributed by atoms with E-state index >= 15 is 4.39 Å². The van der Waals surface area contributed by atoms with Crippen LogP contribution in [0, 0.1) is 11.7 Å². The number of aromatic nitrogens is 1. The Morgan fingerprint density at radius 2 is 1.54 bits per heavy atom. The highest BCUT2D eigenvalue weighted by molar-refractivity contribution is 5.71. The molecule has 41 heavy (non-hydrogen) atoms. The fourth-order valence-electron chi connectivity index (χ4n) is 5.19. The minimum atomic E-state index is -0.299. The zero-order valence-electron chi connectivity index (χ0n) is 23.5. The van der Waals surface area contributed by atoms with Crippen LogP contribution < -0.4 is 14.4 Å². The van der Waals surface area contributed by atoms with Gasteiger partial charge >= 0.3 is 5.97 Å². The Morgan fingerprint density at radius 1 is 0.902 bits per heavy atom. The lowest BCUT2D eigenvalue weighted by atomic mass is 9.91. The molecule has 6 nitrogen and oxygen atoms in total. The standard InChI is InChI=1S/C34H35FN2O4/c1-24(41-25(2)38)28-17-19-37(20-18-28)32-15-13-29(21-31(32)35)30-14-16-33(39-22-26-9-5-3-6-10-26)36-34(30)40-23-27-11-7-4-8-12-27/h3-16,21,24,28H,17-20,22-23H2,1-2H3. The van der Waals surface area contributed by atoms with Crippen molar-refractivity contribution in [3.05, 3.63) is 108 Å². The number of hydrogen-bond acceptors (Lipinski definition) is 6. The Balaban J connectivity index is 1.33. The fraction of sp³-hybridized carbons (Fsp3) is 0.294. The molecule has 0 N–H and O–H groups in total. The van der Waals surface area contributed by atoms with Crippen LogP contribution in [-0.4, -0.2) is 30.1 Å². The maximum Gasteiger partial charge on any atom is 0.302 e. The highest BCUT2D eigenvalue weighted by Gasteiger charge is 2.27. The van der Waals surface area contributed by atoms with E-state index in [4.69, 9.17) is 14.2 Å². The van der Waals surface area contributed by atoms with Gasteiger partial charge in [-0.1, -0.05) is 66.7 Å². The van der Waals surface area contributed by atoms with Crippen LogP contribution in [0.3, 0.4) is 0 Å². The first-order chi connectivity index (χ1) is 20.0. The lowest BCUT2D eigenvalue weighted by Crippen LogP contribution is -2.38. The van der Waals surface area contributed by atoms with Gasteiger partial charge < -0.3 is 19.1 Å². The van der Waals surface area contributed by atoms with Crippen molar-refractivity contribution in [2.45, 2.75) is 46.0 Å². The molecule has 1 unspecified atom stereocenters. The molecule has 0 amide bonds. The predicted molar refractivity (Wildman–Crippen MR) is 157 cm³/mol. The molecule has 1 fully saturated rings. The molecule has 0 saturated carbocycles. The fourth-order valence-corrected chi connectivity index (χ4v) is 5.19. The summed E-state index contributed by atoms with van der Waals surface area (Å²) in [4.78, 5) is 18.0. The van der Waals surface area contributed by atoms with E-state index in [1.165, 1.54) is 6.92 Å². The minimum Gasteiger partial charge on any atom is -0.473 e. The van der Waals surface area contributed by atoms with Gasteiger partial charge in [-0.25, -0.2) is 4.39 Å². The van der Waals surface area contributed by atoms with Gasteiger partial charge in [0.2, 0.25) is 11.8 Å². The number of carbonyl (C=O) groups is 1. The third-order valence-electron chi connectivity index (χ3n) is 7.44. The van der Waals surface area contributed by atoms with Crippen molar-refractivity contribution in [1.29, 1.82) is 0 Å². The van der Waals surface area contributed by atoms with Crippen LogP contribution in [-0.2, 0) is 22.7 Å². The number of hydrogen-bond donors (Lipinski definition) is 0. The second kappa shape index (κ2) is 13.3. The van der Waals surface area contributed by atoms with Gasteiger partial charge in [-0.2, -0.15) is 4.98 Å². The third kappa shape index (κ3) is 7.42. The second-order valence-corrected chi connectivity index (χ2v) is 10.4. The quantitative estimate of drug-likeness (QED) is 0.193. The number of ether oxygens (including phenoxy) is 3. The molecule has 3 aromatic carbocycles. The van der Waals surface area contributed by atoms with E-state index in [1.807, 2.05) is 85.8 Å². The van der Waals surface area contributed by atoms with E-state index in [2.05, 4.69) is 9.88 Å². The Labute approximate surface area is 240 Å². The van der Waals surface area contributed by atoms with Crippen LogP contribution in [0.15, 0.2) is 91.0 Å². The predicted octanol–water partition coefficient (Wildman–Crippen LogP) is 7.21. The van der Waals surface area contributed by atoms with Gasteiger partial charge in [-0.15, -0.1) is 0 Å². The van der Waals surface area contributed by atoms with E-state index < -0.39 is 0 Å².